The fourth-order valence-corrected chi connectivity index (χ4v) is 1.19. The molecule has 1 aromatic heterocycles. The van der Waals surface area contributed by atoms with Gasteiger partial charge in [0.05, 0.1) is 16.4 Å². The largest absolute Gasteiger partial charge is 0.397 e. The molecule has 0 bridgehead atoms. The van der Waals surface area contributed by atoms with Crippen LogP contribution in [-0.2, 0) is 0 Å². The fourth-order valence-electron chi connectivity index (χ4n) is 1.03. The lowest BCUT2D eigenvalue weighted by atomic mass is 10.2. The van der Waals surface area contributed by atoms with Crippen LogP contribution in [0.25, 0.3) is 6.08 Å². The summed E-state index contributed by atoms with van der Waals surface area (Å²) in [6, 6.07) is 1.70. The predicted molar refractivity (Wildman–Crippen MR) is 61.2 cm³/mol. The van der Waals surface area contributed by atoms with E-state index in [4.69, 9.17) is 17.3 Å². The van der Waals surface area contributed by atoms with Crippen molar-refractivity contribution < 1.29 is 0 Å². The molecule has 14 heavy (non-hydrogen) atoms. The maximum atomic E-state index is 5.72. The Bertz CT molecular complexity index is 323. The number of hydrogen-bond donors (Lipinski definition) is 2. The van der Waals surface area contributed by atoms with Crippen molar-refractivity contribution in [3.8, 4) is 0 Å². The molecular formula is C10H14ClN3. The fraction of sp³-hybridized carbons (Fsp3) is 0.300. The molecular weight excluding hydrogens is 198 g/mol. The summed E-state index contributed by atoms with van der Waals surface area (Å²) in [7, 11) is 1.92. The molecule has 0 aliphatic carbocycles. The van der Waals surface area contributed by atoms with E-state index in [1.165, 1.54) is 0 Å². The van der Waals surface area contributed by atoms with E-state index in [0.29, 0.717) is 10.7 Å². The third-order valence-electron chi connectivity index (χ3n) is 1.75. The highest BCUT2D eigenvalue weighted by Gasteiger charge is 1.96. The van der Waals surface area contributed by atoms with Gasteiger partial charge >= 0.3 is 0 Å². The summed E-state index contributed by atoms with van der Waals surface area (Å²) in [5.41, 5.74) is 7.10. The molecule has 0 unspecified atom stereocenters. The first-order valence-electron chi connectivity index (χ1n) is 4.46. The summed E-state index contributed by atoms with van der Waals surface area (Å²) in [6.07, 6.45) is 6.49. The number of nitrogens with one attached hydrogen (secondary N) is 1. The number of hydrogen-bond acceptors (Lipinski definition) is 3. The van der Waals surface area contributed by atoms with Gasteiger partial charge in [-0.05, 0) is 32.2 Å². The molecule has 1 heterocycles. The first kappa shape index (κ1) is 11.0. The standard InChI is InChI=1S/C10H14ClN3/c1-13-5-3-2-4-10-9(12)6-8(11)7-14-10/h2,4,6-7,13H,3,5,12H2,1H3. The van der Waals surface area contributed by atoms with Gasteiger partial charge in [-0.2, -0.15) is 0 Å². The second-order valence-corrected chi connectivity index (χ2v) is 3.36. The van der Waals surface area contributed by atoms with Gasteiger partial charge in [0.1, 0.15) is 0 Å². The molecule has 76 valence electrons. The highest BCUT2D eigenvalue weighted by Crippen LogP contribution is 2.16. The molecule has 0 saturated heterocycles. The van der Waals surface area contributed by atoms with E-state index in [0.717, 1.165) is 18.7 Å². The van der Waals surface area contributed by atoms with E-state index in [2.05, 4.69) is 10.3 Å². The molecule has 0 atom stereocenters. The van der Waals surface area contributed by atoms with Crippen molar-refractivity contribution in [2.45, 2.75) is 6.42 Å². The lowest BCUT2D eigenvalue weighted by molar-refractivity contribution is 0.809. The van der Waals surface area contributed by atoms with Gasteiger partial charge in [0.15, 0.2) is 0 Å². The lowest BCUT2D eigenvalue weighted by Crippen LogP contribution is -2.05. The van der Waals surface area contributed by atoms with Crippen LogP contribution in [0, 0.1) is 0 Å². The zero-order valence-corrected chi connectivity index (χ0v) is 8.88. The van der Waals surface area contributed by atoms with Gasteiger partial charge in [-0.1, -0.05) is 17.7 Å². The quantitative estimate of drug-likeness (QED) is 0.749. The number of pyridine rings is 1. The summed E-state index contributed by atoms with van der Waals surface area (Å²) in [6.45, 7) is 0.948. The minimum atomic E-state index is 0.565. The molecule has 0 aromatic carbocycles. The number of nitrogen functional groups attached to an aromatic ring is 1. The zero-order chi connectivity index (χ0) is 10.4. The zero-order valence-electron chi connectivity index (χ0n) is 8.13. The average Bonchev–Trinajstić information content (AvgIpc) is 2.15. The Morgan fingerprint density at radius 3 is 3.07 bits per heavy atom. The topological polar surface area (TPSA) is 50.9 Å². The smallest absolute Gasteiger partial charge is 0.0856 e. The molecule has 3 nitrogen and oxygen atoms in total. The van der Waals surface area contributed by atoms with Crippen LogP contribution in [0.15, 0.2) is 18.3 Å². The minimum absolute atomic E-state index is 0.565. The van der Waals surface area contributed by atoms with E-state index < -0.39 is 0 Å². The molecule has 4 heteroatoms. The SMILES string of the molecule is CNCCC=Cc1ncc(Cl)cc1N. The Morgan fingerprint density at radius 2 is 2.43 bits per heavy atom. The van der Waals surface area contributed by atoms with Gasteiger partial charge in [0.25, 0.3) is 0 Å². The van der Waals surface area contributed by atoms with Crippen LogP contribution in [0.1, 0.15) is 12.1 Å². The third kappa shape index (κ3) is 3.36. The molecule has 0 saturated carbocycles. The van der Waals surface area contributed by atoms with Gasteiger partial charge in [-0.25, -0.2) is 0 Å². The Hall–Kier alpha value is -1.06. The molecule has 0 aliphatic heterocycles. The van der Waals surface area contributed by atoms with Crippen LogP contribution in [0.2, 0.25) is 5.02 Å². The Morgan fingerprint density at radius 1 is 1.64 bits per heavy atom. The molecule has 0 aliphatic rings. The van der Waals surface area contributed by atoms with Gasteiger partial charge in [0, 0.05) is 6.20 Å². The molecule has 0 amide bonds. The average molecular weight is 212 g/mol. The minimum Gasteiger partial charge on any atom is -0.397 e. The van der Waals surface area contributed by atoms with Crippen LogP contribution in [0.3, 0.4) is 0 Å². The number of nitrogens with zero attached hydrogens (tertiary/aromatic N) is 1. The molecule has 0 spiro atoms. The first-order valence-corrected chi connectivity index (χ1v) is 4.84. The van der Waals surface area contributed by atoms with Gasteiger partial charge < -0.3 is 11.1 Å². The van der Waals surface area contributed by atoms with Crippen LogP contribution in [0.4, 0.5) is 5.69 Å². The second-order valence-electron chi connectivity index (χ2n) is 2.92. The van der Waals surface area contributed by atoms with Crippen molar-refractivity contribution in [3.05, 3.63) is 29.1 Å². The van der Waals surface area contributed by atoms with Crippen molar-refractivity contribution >= 4 is 23.4 Å². The van der Waals surface area contributed by atoms with Crippen LogP contribution < -0.4 is 11.1 Å². The first-order chi connectivity index (χ1) is 6.74. The van der Waals surface area contributed by atoms with Crippen molar-refractivity contribution in [3.63, 3.8) is 0 Å². The lowest BCUT2D eigenvalue weighted by Gasteiger charge is -1.99. The van der Waals surface area contributed by atoms with E-state index in [1.54, 1.807) is 12.3 Å². The van der Waals surface area contributed by atoms with Gasteiger partial charge in [-0.3, -0.25) is 4.98 Å². The molecule has 1 rings (SSSR count). The normalized spacial score (nSPS) is 11.0. The van der Waals surface area contributed by atoms with Gasteiger partial charge in [-0.15, -0.1) is 0 Å². The highest BCUT2D eigenvalue weighted by atomic mass is 35.5. The van der Waals surface area contributed by atoms with Crippen molar-refractivity contribution in [1.82, 2.24) is 10.3 Å². The van der Waals surface area contributed by atoms with Crippen LogP contribution in [0.5, 0.6) is 0 Å². The maximum absolute atomic E-state index is 5.72. The third-order valence-corrected chi connectivity index (χ3v) is 1.96. The van der Waals surface area contributed by atoms with Crippen LogP contribution in [-0.4, -0.2) is 18.6 Å². The molecule has 3 N–H and O–H groups in total. The number of halogens is 1. The Labute approximate surface area is 89.0 Å². The summed E-state index contributed by atoms with van der Waals surface area (Å²) in [5, 5.41) is 3.62. The molecule has 0 radical (unpaired) electrons. The monoisotopic (exact) mass is 211 g/mol. The highest BCUT2D eigenvalue weighted by molar-refractivity contribution is 6.30. The predicted octanol–water partition coefficient (Wildman–Crippen LogP) is 1.94. The van der Waals surface area contributed by atoms with Crippen molar-refractivity contribution in [1.29, 1.82) is 0 Å². The summed E-state index contributed by atoms with van der Waals surface area (Å²) >= 11 is 5.72. The van der Waals surface area contributed by atoms with Crippen molar-refractivity contribution in [2.75, 3.05) is 19.3 Å². The van der Waals surface area contributed by atoms with E-state index >= 15 is 0 Å². The Kier molecular flexibility index (Phi) is 4.43. The number of anilines is 1. The number of aromatic nitrogens is 1. The van der Waals surface area contributed by atoms with E-state index in [-0.39, 0.29) is 0 Å². The van der Waals surface area contributed by atoms with Crippen molar-refractivity contribution in [2.24, 2.45) is 0 Å². The Balaban J connectivity index is 2.62. The number of nitrogens with two attached hydrogens (primary N) is 1. The maximum Gasteiger partial charge on any atom is 0.0856 e. The molecule has 1 aromatic rings. The summed E-state index contributed by atoms with van der Waals surface area (Å²) in [5.74, 6) is 0. The van der Waals surface area contributed by atoms with E-state index in [1.807, 2.05) is 19.2 Å². The van der Waals surface area contributed by atoms with E-state index in [9.17, 15) is 0 Å². The van der Waals surface area contributed by atoms with Crippen LogP contribution >= 0.6 is 11.6 Å². The second kappa shape index (κ2) is 5.62. The molecule has 0 fully saturated rings. The number of rotatable bonds is 4. The summed E-state index contributed by atoms with van der Waals surface area (Å²) < 4.78 is 0. The summed E-state index contributed by atoms with van der Waals surface area (Å²) in [4.78, 5) is 4.11. The van der Waals surface area contributed by atoms with Gasteiger partial charge in [0.2, 0.25) is 0 Å².